The van der Waals surface area contributed by atoms with Gasteiger partial charge in [-0.1, -0.05) is 48.5 Å². The molecule has 1 aliphatic heterocycles. The molecular formula is C33H33F4N5O4. The SMILES string of the molecule is Cc1c(N2CCN(Cc3cccc(C(=O)O)c3)CC2)c(=O)n(C[C@H](N)c2ccccc2)c(=O)n1Cc1c(F)cccc1C(F)(F)F. The average molecular weight is 640 g/mol. The van der Waals surface area contributed by atoms with Crippen molar-refractivity contribution in [3.63, 3.8) is 0 Å². The summed E-state index contributed by atoms with van der Waals surface area (Å²) >= 11 is 0. The molecule has 1 aromatic heterocycles. The van der Waals surface area contributed by atoms with Crippen molar-refractivity contribution in [2.75, 3.05) is 31.1 Å². The van der Waals surface area contributed by atoms with Crippen LogP contribution >= 0.6 is 0 Å². The Labute approximate surface area is 261 Å². The number of piperazine rings is 1. The molecule has 5 rings (SSSR count). The highest BCUT2D eigenvalue weighted by molar-refractivity contribution is 5.87. The van der Waals surface area contributed by atoms with Crippen LogP contribution < -0.4 is 21.9 Å². The van der Waals surface area contributed by atoms with Crippen molar-refractivity contribution < 1.29 is 27.5 Å². The van der Waals surface area contributed by atoms with E-state index in [9.17, 15) is 37.1 Å². The van der Waals surface area contributed by atoms with Gasteiger partial charge in [0.15, 0.2) is 0 Å². The Balaban J connectivity index is 1.52. The minimum absolute atomic E-state index is 0.110. The van der Waals surface area contributed by atoms with E-state index in [2.05, 4.69) is 4.90 Å². The van der Waals surface area contributed by atoms with Gasteiger partial charge in [-0.25, -0.2) is 14.0 Å². The Morgan fingerprint density at radius 3 is 2.24 bits per heavy atom. The summed E-state index contributed by atoms with van der Waals surface area (Å²) in [7, 11) is 0. The first-order valence-corrected chi connectivity index (χ1v) is 14.6. The normalized spacial score (nSPS) is 14.8. The van der Waals surface area contributed by atoms with Gasteiger partial charge in [0, 0.05) is 50.0 Å². The quantitative estimate of drug-likeness (QED) is 0.264. The predicted molar refractivity (Wildman–Crippen MR) is 164 cm³/mol. The van der Waals surface area contributed by atoms with Gasteiger partial charge in [-0.2, -0.15) is 13.2 Å². The minimum Gasteiger partial charge on any atom is -0.478 e. The molecule has 0 unspecified atom stereocenters. The smallest absolute Gasteiger partial charge is 0.416 e. The molecule has 242 valence electrons. The van der Waals surface area contributed by atoms with Gasteiger partial charge in [0.05, 0.1) is 24.2 Å². The number of aromatic carboxylic acids is 1. The number of halogens is 4. The molecule has 0 bridgehead atoms. The molecule has 0 aliphatic carbocycles. The van der Waals surface area contributed by atoms with Crippen molar-refractivity contribution in [3.05, 3.63) is 133 Å². The number of hydrogen-bond acceptors (Lipinski definition) is 6. The fourth-order valence-electron chi connectivity index (χ4n) is 5.83. The van der Waals surface area contributed by atoms with Gasteiger partial charge < -0.3 is 15.7 Å². The van der Waals surface area contributed by atoms with Gasteiger partial charge in [0.2, 0.25) is 0 Å². The molecule has 0 radical (unpaired) electrons. The lowest BCUT2D eigenvalue weighted by Crippen LogP contribution is -2.51. The van der Waals surface area contributed by atoms with Crippen molar-refractivity contribution in [2.24, 2.45) is 5.73 Å². The van der Waals surface area contributed by atoms with Crippen LogP contribution in [0.3, 0.4) is 0 Å². The van der Waals surface area contributed by atoms with E-state index in [1.807, 2.05) is 6.07 Å². The standard InChI is InChI=1S/C33H33F4N5O4/c1-21-29(40-15-13-39(14-16-40)18-22-7-5-10-24(17-22)31(44)45)30(43)42(20-28(38)23-8-3-2-4-9-23)32(46)41(21)19-25-26(33(35,36)37)11-6-12-27(25)34/h2-12,17,28H,13-16,18-20,38H2,1H3,(H,44,45)/t28-/m0/s1. The van der Waals surface area contributed by atoms with Crippen molar-refractivity contribution in [1.29, 1.82) is 0 Å². The second-order valence-corrected chi connectivity index (χ2v) is 11.3. The molecule has 0 amide bonds. The predicted octanol–water partition coefficient (Wildman–Crippen LogP) is 4.25. The summed E-state index contributed by atoms with van der Waals surface area (Å²) in [6.07, 6.45) is -4.87. The lowest BCUT2D eigenvalue weighted by Gasteiger charge is -2.37. The molecule has 2 heterocycles. The van der Waals surface area contributed by atoms with Crippen LogP contribution in [0.4, 0.5) is 23.2 Å². The number of rotatable bonds is 9. The number of benzene rings is 3. The number of nitrogens with two attached hydrogens (primary N) is 1. The Hall–Kier alpha value is -4.75. The van der Waals surface area contributed by atoms with Gasteiger partial charge in [-0.15, -0.1) is 0 Å². The maximum absolute atomic E-state index is 14.9. The van der Waals surface area contributed by atoms with Crippen LogP contribution in [0.15, 0.2) is 82.4 Å². The van der Waals surface area contributed by atoms with Crippen LogP contribution in [0.5, 0.6) is 0 Å². The molecule has 4 aromatic rings. The van der Waals surface area contributed by atoms with Gasteiger partial charge in [0.25, 0.3) is 5.56 Å². The van der Waals surface area contributed by atoms with Crippen molar-refractivity contribution in [1.82, 2.24) is 14.0 Å². The number of carboxylic acid groups (broad SMARTS) is 1. The monoisotopic (exact) mass is 639 g/mol. The molecule has 9 nitrogen and oxygen atoms in total. The molecule has 46 heavy (non-hydrogen) atoms. The van der Waals surface area contributed by atoms with Crippen LogP contribution in [-0.2, 0) is 25.8 Å². The molecule has 1 atom stereocenters. The fraction of sp³-hybridized carbons (Fsp3) is 0.303. The first kappa shape index (κ1) is 32.6. The molecule has 1 aliphatic rings. The summed E-state index contributed by atoms with van der Waals surface area (Å²) in [5, 5.41) is 9.31. The second-order valence-electron chi connectivity index (χ2n) is 11.3. The lowest BCUT2D eigenvalue weighted by molar-refractivity contribution is -0.138. The van der Waals surface area contributed by atoms with E-state index in [0.29, 0.717) is 38.3 Å². The average Bonchev–Trinajstić information content (AvgIpc) is 3.02. The molecule has 0 spiro atoms. The highest BCUT2D eigenvalue weighted by atomic mass is 19.4. The van der Waals surface area contributed by atoms with Crippen LogP contribution in [-0.4, -0.2) is 51.3 Å². The third-order valence-corrected chi connectivity index (χ3v) is 8.27. The first-order valence-electron chi connectivity index (χ1n) is 14.6. The van der Waals surface area contributed by atoms with E-state index in [-0.39, 0.29) is 23.5 Å². The maximum Gasteiger partial charge on any atom is 0.416 e. The molecule has 3 aromatic carbocycles. The molecule has 0 saturated carbocycles. The van der Waals surface area contributed by atoms with Crippen molar-refractivity contribution in [2.45, 2.75) is 38.8 Å². The molecule has 3 N–H and O–H groups in total. The minimum atomic E-state index is -4.87. The molecule has 1 saturated heterocycles. The molecular weight excluding hydrogens is 606 g/mol. The zero-order valence-electron chi connectivity index (χ0n) is 25.0. The molecule has 1 fully saturated rings. The van der Waals surface area contributed by atoms with E-state index in [4.69, 9.17) is 5.73 Å². The van der Waals surface area contributed by atoms with Crippen LogP contribution in [0.25, 0.3) is 0 Å². The Bertz CT molecular complexity index is 1850. The van der Waals surface area contributed by atoms with Crippen molar-refractivity contribution in [3.8, 4) is 0 Å². The maximum atomic E-state index is 14.9. The second kappa shape index (κ2) is 13.3. The third kappa shape index (κ3) is 6.90. The zero-order chi connectivity index (χ0) is 33.2. The van der Waals surface area contributed by atoms with E-state index in [1.165, 1.54) is 13.0 Å². The highest BCUT2D eigenvalue weighted by Crippen LogP contribution is 2.33. The number of carboxylic acids is 1. The summed E-state index contributed by atoms with van der Waals surface area (Å²) < 4.78 is 58.5. The van der Waals surface area contributed by atoms with Gasteiger partial charge in [-0.05, 0) is 42.3 Å². The number of carbonyl (C=O) groups is 1. The van der Waals surface area contributed by atoms with Crippen LogP contribution in [0.2, 0.25) is 0 Å². The van der Waals surface area contributed by atoms with Gasteiger partial charge in [-0.3, -0.25) is 18.8 Å². The number of anilines is 1. The fourth-order valence-corrected chi connectivity index (χ4v) is 5.83. The summed E-state index contributed by atoms with van der Waals surface area (Å²) in [4.78, 5) is 43.0. The lowest BCUT2D eigenvalue weighted by atomic mass is 10.1. The van der Waals surface area contributed by atoms with E-state index >= 15 is 0 Å². The zero-order valence-corrected chi connectivity index (χ0v) is 25.0. The third-order valence-electron chi connectivity index (χ3n) is 8.27. The number of nitrogens with zero attached hydrogens (tertiary/aromatic N) is 4. The summed E-state index contributed by atoms with van der Waals surface area (Å²) in [6.45, 7) is 2.57. The first-order chi connectivity index (χ1) is 21.8. The Morgan fingerprint density at radius 1 is 0.913 bits per heavy atom. The summed E-state index contributed by atoms with van der Waals surface area (Å²) in [5.41, 5.74) is 4.79. The number of hydrogen-bond donors (Lipinski definition) is 2. The Kier molecular flexibility index (Phi) is 9.44. The topological polar surface area (TPSA) is 114 Å². The van der Waals surface area contributed by atoms with Gasteiger partial charge >= 0.3 is 17.8 Å². The molecule has 13 heteroatoms. The largest absolute Gasteiger partial charge is 0.478 e. The number of aromatic nitrogens is 2. The highest BCUT2D eigenvalue weighted by Gasteiger charge is 2.35. The van der Waals surface area contributed by atoms with E-state index in [0.717, 1.165) is 32.9 Å². The Morgan fingerprint density at radius 2 is 1.59 bits per heavy atom. The summed E-state index contributed by atoms with van der Waals surface area (Å²) in [6, 6.07) is 17.2. The van der Waals surface area contributed by atoms with Crippen LogP contribution in [0, 0.1) is 12.7 Å². The summed E-state index contributed by atoms with van der Waals surface area (Å²) in [5.74, 6) is -2.15. The van der Waals surface area contributed by atoms with E-state index < -0.39 is 52.9 Å². The number of alkyl halides is 3. The van der Waals surface area contributed by atoms with E-state index in [1.54, 1.807) is 47.4 Å². The van der Waals surface area contributed by atoms with Crippen LogP contribution in [0.1, 0.15) is 44.3 Å². The van der Waals surface area contributed by atoms with Crippen molar-refractivity contribution >= 4 is 11.7 Å². The van der Waals surface area contributed by atoms with Gasteiger partial charge in [0.1, 0.15) is 11.5 Å².